The van der Waals surface area contributed by atoms with E-state index in [0.29, 0.717) is 16.3 Å². The Balaban J connectivity index is 2.07. The Bertz CT molecular complexity index is 1380. The van der Waals surface area contributed by atoms with E-state index in [1.54, 1.807) is 36.4 Å². The zero-order chi connectivity index (χ0) is 28.6. The lowest BCUT2D eigenvalue weighted by molar-refractivity contribution is -0.140. The van der Waals surface area contributed by atoms with Gasteiger partial charge in [-0.2, -0.15) is 0 Å². The van der Waals surface area contributed by atoms with Crippen molar-refractivity contribution >= 4 is 39.1 Å². The number of nitrogens with zero attached hydrogens (tertiary/aromatic N) is 2. The number of carbonyl (C=O) groups is 2. The van der Waals surface area contributed by atoms with E-state index in [1.165, 1.54) is 4.90 Å². The molecule has 0 aromatic heterocycles. The molecule has 0 aliphatic carbocycles. The molecule has 0 unspecified atom stereocenters. The minimum Gasteiger partial charge on any atom is -0.352 e. The van der Waals surface area contributed by atoms with Gasteiger partial charge in [0.15, 0.2) is 0 Å². The average Bonchev–Trinajstić information content (AvgIpc) is 2.89. The number of hydrogen-bond acceptors (Lipinski definition) is 4. The summed E-state index contributed by atoms with van der Waals surface area (Å²) in [5.41, 5.74) is 2.77. The van der Waals surface area contributed by atoms with Gasteiger partial charge >= 0.3 is 0 Å². The van der Waals surface area contributed by atoms with Crippen LogP contribution in [-0.4, -0.2) is 50.0 Å². The van der Waals surface area contributed by atoms with Crippen LogP contribution < -0.4 is 9.62 Å². The first-order valence-corrected chi connectivity index (χ1v) is 15.1. The van der Waals surface area contributed by atoms with E-state index < -0.39 is 28.5 Å². The first kappa shape index (κ1) is 30.2. The molecule has 208 valence electrons. The zero-order valence-corrected chi connectivity index (χ0v) is 24.4. The highest BCUT2D eigenvalue weighted by atomic mass is 35.5. The summed E-state index contributed by atoms with van der Waals surface area (Å²) < 4.78 is 26.8. The van der Waals surface area contributed by atoms with Gasteiger partial charge in [-0.1, -0.05) is 79.2 Å². The predicted molar refractivity (Wildman–Crippen MR) is 157 cm³/mol. The summed E-state index contributed by atoms with van der Waals surface area (Å²) in [6.45, 7) is 5.30. The van der Waals surface area contributed by atoms with Crippen LogP contribution in [0.25, 0.3) is 0 Å². The van der Waals surface area contributed by atoms with Crippen LogP contribution in [-0.2, 0) is 32.6 Å². The molecule has 0 fully saturated rings. The van der Waals surface area contributed by atoms with Crippen molar-refractivity contribution < 1.29 is 18.0 Å². The Morgan fingerprint density at radius 2 is 1.64 bits per heavy atom. The van der Waals surface area contributed by atoms with Gasteiger partial charge in [0.1, 0.15) is 12.6 Å². The largest absolute Gasteiger partial charge is 0.352 e. The van der Waals surface area contributed by atoms with Gasteiger partial charge in [0.05, 0.1) is 11.9 Å². The van der Waals surface area contributed by atoms with Crippen molar-refractivity contribution in [2.75, 3.05) is 17.1 Å². The number of aryl methyl sites for hydroxylation is 1. The Morgan fingerprint density at radius 3 is 2.26 bits per heavy atom. The molecule has 3 rings (SSSR count). The van der Waals surface area contributed by atoms with Gasteiger partial charge in [-0.15, -0.1) is 0 Å². The summed E-state index contributed by atoms with van der Waals surface area (Å²) >= 11 is 6.47. The van der Waals surface area contributed by atoms with Crippen LogP contribution in [0, 0.1) is 6.92 Å². The van der Waals surface area contributed by atoms with Gasteiger partial charge in [-0.3, -0.25) is 13.9 Å². The first-order chi connectivity index (χ1) is 18.5. The molecular weight excluding hydrogens is 534 g/mol. The molecule has 0 radical (unpaired) electrons. The Hall–Kier alpha value is -3.36. The second kappa shape index (κ2) is 13.6. The molecular formula is C30H36ClN3O4S. The normalized spacial score (nSPS) is 12.8. The highest BCUT2D eigenvalue weighted by Gasteiger charge is 2.33. The highest BCUT2D eigenvalue weighted by molar-refractivity contribution is 7.92. The summed E-state index contributed by atoms with van der Waals surface area (Å²) in [4.78, 5) is 29.2. The number of anilines is 1. The summed E-state index contributed by atoms with van der Waals surface area (Å²) in [7, 11) is -3.81. The number of amides is 2. The van der Waals surface area contributed by atoms with Crippen molar-refractivity contribution in [3.63, 3.8) is 0 Å². The second-order valence-electron chi connectivity index (χ2n) is 9.75. The highest BCUT2D eigenvalue weighted by Crippen LogP contribution is 2.23. The Labute approximate surface area is 236 Å². The van der Waals surface area contributed by atoms with Gasteiger partial charge in [0, 0.05) is 24.0 Å². The van der Waals surface area contributed by atoms with E-state index in [-0.39, 0.29) is 24.9 Å². The minimum atomic E-state index is -3.81. The number of sulfonamides is 1. The van der Waals surface area contributed by atoms with Crippen LogP contribution in [0.15, 0.2) is 78.9 Å². The molecule has 0 heterocycles. The van der Waals surface area contributed by atoms with Crippen LogP contribution >= 0.6 is 11.6 Å². The molecule has 39 heavy (non-hydrogen) atoms. The van der Waals surface area contributed by atoms with Gasteiger partial charge < -0.3 is 10.2 Å². The Morgan fingerprint density at radius 1 is 0.974 bits per heavy atom. The van der Waals surface area contributed by atoms with Crippen LogP contribution in [0.1, 0.15) is 37.0 Å². The lowest BCUT2D eigenvalue weighted by Gasteiger charge is -2.34. The van der Waals surface area contributed by atoms with Crippen molar-refractivity contribution in [1.29, 1.82) is 0 Å². The fourth-order valence-corrected chi connectivity index (χ4v) is 5.24. The minimum absolute atomic E-state index is 0.0371. The monoisotopic (exact) mass is 569 g/mol. The average molecular weight is 570 g/mol. The molecule has 7 nitrogen and oxygen atoms in total. The first-order valence-electron chi connectivity index (χ1n) is 12.9. The molecule has 0 spiro atoms. The third-order valence-corrected chi connectivity index (χ3v) is 8.05. The van der Waals surface area contributed by atoms with Crippen LogP contribution in [0.5, 0.6) is 0 Å². The molecule has 9 heteroatoms. The summed E-state index contributed by atoms with van der Waals surface area (Å²) in [5, 5.41) is 3.46. The van der Waals surface area contributed by atoms with Gasteiger partial charge in [0.25, 0.3) is 0 Å². The smallest absolute Gasteiger partial charge is 0.244 e. The predicted octanol–water partition coefficient (Wildman–Crippen LogP) is 4.97. The molecule has 3 aromatic rings. The maximum absolute atomic E-state index is 14.1. The lowest BCUT2D eigenvalue weighted by Crippen LogP contribution is -2.54. The van der Waals surface area contributed by atoms with E-state index in [9.17, 15) is 18.0 Å². The molecule has 2 amide bonds. The van der Waals surface area contributed by atoms with Crippen molar-refractivity contribution in [3.8, 4) is 0 Å². The third kappa shape index (κ3) is 8.57. The summed E-state index contributed by atoms with van der Waals surface area (Å²) in [6.07, 6.45) is 2.04. The maximum atomic E-state index is 14.1. The van der Waals surface area contributed by atoms with E-state index in [2.05, 4.69) is 5.32 Å². The fraction of sp³-hybridized carbons (Fsp3) is 0.333. The molecule has 0 aliphatic rings. The number of rotatable bonds is 12. The molecule has 0 aliphatic heterocycles. The lowest BCUT2D eigenvalue weighted by atomic mass is 10.0. The van der Waals surface area contributed by atoms with Crippen molar-refractivity contribution in [1.82, 2.24) is 10.2 Å². The van der Waals surface area contributed by atoms with Crippen molar-refractivity contribution in [3.05, 3.63) is 101 Å². The quantitative estimate of drug-likeness (QED) is 0.334. The topological polar surface area (TPSA) is 86.8 Å². The summed E-state index contributed by atoms with van der Waals surface area (Å²) in [6, 6.07) is 22.5. The zero-order valence-electron chi connectivity index (χ0n) is 22.8. The molecule has 0 bridgehead atoms. The van der Waals surface area contributed by atoms with E-state index in [4.69, 9.17) is 11.6 Å². The fourth-order valence-electron chi connectivity index (χ4n) is 4.20. The summed E-state index contributed by atoms with van der Waals surface area (Å²) in [5.74, 6) is -0.822. The number of benzene rings is 3. The van der Waals surface area contributed by atoms with E-state index in [0.717, 1.165) is 28.1 Å². The Kier molecular flexibility index (Phi) is 10.5. The molecule has 0 saturated carbocycles. The van der Waals surface area contributed by atoms with Crippen molar-refractivity contribution in [2.24, 2.45) is 0 Å². The standard InChI is InChI=1S/C30H36ClN3O4S/c1-5-23(3)32-30(36)28(19-24-13-7-6-8-14-24)33(20-25-15-9-10-17-27(25)31)29(35)21-34(39(4,37)38)26-16-11-12-22(2)18-26/h6-18,23,28H,5,19-21H2,1-4H3,(H,32,36)/t23-,28-/m1/s1. The number of halogens is 1. The van der Waals surface area contributed by atoms with E-state index >= 15 is 0 Å². The molecule has 3 aromatic carbocycles. The van der Waals surface area contributed by atoms with Crippen molar-refractivity contribution in [2.45, 2.75) is 52.2 Å². The number of nitrogens with one attached hydrogen (secondary N) is 1. The van der Waals surface area contributed by atoms with Crippen LogP contribution in [0.2, 0.25) is 5.02 Å². The SMILES string of the molecule is CC[C@@H](C)NC(=O)[C@@H](Cc1ccccc1)N(Cc1ccccc1Cl)C(=O)CN(c1cccc(C)c1)S(C)(=O)=O. The molecule has 0 saturated heterocycles. The molecule has 1 N–H and O–H groups in total. The van der Waals surface area contributed by atoms with Gasteiger partial charge in [-0.25, -0.2) is 8.42 Å². The third-order valence-electron chi connectivity index (χ3n) is 6.54. The maximum Gasteiger partial charge on any atom is 0.244 e. The van der Waals surface area contributed by atoms with Gasteiger partial charge in [-0.05, 0) is 55.2 Å². The number of carbonyl (C=O) groups excluding carboxylic acids is 2. The van der Waals surface area contributed by atoms with Gasteiger partial charge in [0.2, 0.25) is 21.8 Å². The second-order valence-corrected chi connectivity index (χ2v) is 12.1. The van der Waals surface area contributed by atoms with Crippen LogP contribution in [0.4, 0.5) is 5.69 Å². The number of hydrogen-bond donors (Lipinski definition) is 1. The molecule has 2 atom stereocenters. The van der Waals surface area contributed by atoms with Crippen LogP contribution in [0.3, 0.4) is 0 Å². The van der Waals surface area contributed by atoms with E-state index in [1.807, 2.05) is 63.2 Å².